The third-order valence-electron chi connectivity index (χ3n) is 3.31. The lowest BCUT2D eigenvalue weighted by Crippen LogP contribution is -2.32. The van der Waals surface area contributed by atoms with Crippen molar-refractivity contribution in [2.24, 2.45) is 0 Å². The zero-order valence-corrected chi connectivity index (χ0v) is 14.6. The van der Waals surface area contributed by atoms with E-state index in [4.69, 9.17) is 19.9 Å². The second-order valence-corrected chi connectivity index (χ2v) is 5.30. The van der Waals surface area contributed by atoms with Gasteiger partial charge in [0.05, 0.1) is 18.7 Å². The molecule has 0 bridgehead atoms. The van der Waals surface area contributed by atoms with Crippen molar-refractivity contribution < 1.29 is 23.8 Å². The second-order valence-electron chi connectivity index (χ2n) is 5.30. The van der Waals surface area contributed by atoms with Crippen molar-refractivity contribution in [2.75, 3.05) is 32.1 Å². The van der Waals surface area contributed by atoms with Crippen LogP contribution in [0.15, 0.2) is 48.5 Å². The van der Waals surface area contributed by atoms with E-state index in [1.54, 1.807) is 36.4 Å². The van der Waals surface area contributed by atoms with Crippen LogP contribution in [0.2, 0.25) is 0 Å². The fourth-order valence-electron chi connectivity index (χ4n) is 2.04. The Morgan fingerprint density at radius 3 is 2.19 bits per heavy atom. The van der Waals surface area contributed by atoms with Gasteiger partial charge in [-0.25, -0.2) is 4.79 Å². The Kier molecular flexibility index (Phi) is 7.30. The first kappa shape index (κ1) is 19.1. The molecule has 0 atom stereocenters. The van der Waals surface area contributed by atoms with E-state index < -0.39 is 11.9 Å². The van der Waals surface area contributed by atoms with Gasteiger partial charge in [0.1, 0.15) is 18.1 Å². The molecule has 138 valence electrons. The summed E-state index contributed by atoms with van der Waals surface area (Å²) >= 11 is 0. The second kappa shape index (κ2) is 9.93. The first-order valence-corrected chi connectivity index (χ1v) is 8.23. The molecule has 0 radical (unpaired) electrons. The van der Waals surface area contributed by atoms with Crippen molar-refractivity contribution in [3.8, 4) is 11.5 Å². The van der Waals surface area contributed by atoms with E-state index in [1.807, 2.05) is 19.1 Å². The van der Waals surface area contributed by atoms with Crippen LogP contribution in [0.25, 0.3) is 0 Å². The lowest BCUT2D eigenvalue weighted by atomic mass is 10.2. The van der Waals surface area contributed by atoms with E-state index in [1.165, 1.54) is 0 Å². The number of amides is 1. The van der Waals surface area contributed by atoms with Crippen LogP contribution in [0, 0.1) is 0 Å². The molecule has 0 heterocycles. The van der Waals surface area contributed by atoms with Gasteiger partial charge < -0.3 is 25.3 Å². The van der Waals surface area contributed by atoms with Crippen LogP contribution in [-0.4, -0.2) is 38.2 Å². The first-order chi connectivity index (χ1) is 12.6. The molecule has 1 amide bonds. The van der Waals surface area contributed by atoms with Gasteiger partial charge >= 0.3 is 5.97 Å². The summed E-state index contributed by atoms with van der Waals surface area (Å²) in [6, 6.07) is 13.5. The van der Waals surface area contributed by atoms with Crippen molar-refractivity contribution in [3.63, 3.8) is 0 Å². The topological polar surface area (TPSA) is 99.9 Å². The van der Waals surface area contributed by atoms with Crippen LogP contribution in [-0.2, 0) is 9.53 Å². The number of hydrogen-bond acceptors (Lipinski definition) is 6. The number of esters is 1. The summed E-state index contributed by atoms with van der Waals surface area (Å²) in [5.41, 5.74) is 6.43. The van der Waals surface area contributed by atoms with Gasteiger partial charge in [0.2, 0.25) is 0 Å². The molecule has 0 aliphatic carbocycles. The molecule has 0 unspecified atom stereocenters. The molecule has 0 saturated carbocycles. The minimum absolute atomic E-state index is 0.297. The summed E-state index contributed by atoms with van der Waals surface area (Å²) in [7, 11) is 0. The summed E-state index contributed by atoms with van der Waals surface area (Å²) in [6.07, 6.45) is 0. The van der Waals surface area contributed by atoms with E-state index in [0.717, 1.165) is 5.75 Å². The van der Waals surface area contributed by atoms with Gasteiger partial charge in [-0.2, -0.15) is 0 Å². The SMILES string of the molecule is CCOc1ccc(OCCNC(=O)COC(=O)c2ccc(N)cc2)cc1. The number of nitrogen functional groups attached to an aromatic ring is 1. The lowest BCUT2D eigenvalue weighted by molar-refractivity contribution is -0.124. The van der Waals surface area contributed by atoms with Crippen molar-refractivity contribution in [3.05, 3.63) is 54.1 Å². The van der Waals surface area contributed by atoms with E-state index in [0.29, 0.717) is 36.8 Å². The molecular weight excluding hydrogens is 336 g/mol. The standard InChI is InChI=1S/C19H22N2O5/c1-2-24-16-7-9-17(10-8-16)25-12-11-21-18(22)13-26-19(23)14-3-5-15(20)6-4-14/h3-10H,2,11-13,20H2,1H3,(H,21,22). The number of carbonyl (C=O) groups is 2. The Labute approximate surface area is 152 Å². The molecule has 7 nitrogen and oxygen atoms in total. The quantitative estimate of drug-likeness (QED) is 0.404. The Morgan fingerprint density at radius 1 is 0.962 bits per heavy atom. The highest BCUT2D eigenvalue weighted by atomic mass is 16.5. The van der Waals surface area contributed by atoms with Crippen LogP contribution in [0.4, 0.5) is 5.69 Å². The van der Waals surface area contributed by atoms with Crippen LogP contribution in [0.5, 0.6) is 11.5 Å². The average Bonchev–Trinajstić information content (AvgIpc) is 2.65. The normalized spacial score (nSPS) is 10.0. The van der Waals surface area contributed by atoms with Crippen molar-refractivity contribution >= 4 is 17.6 Å². The highest BCUT2D eigenvalue weighted by Gasteiger charge is 2.09. The number of rotatable bonds is 9. The number of carbonyl (C=O) groups excluding carboxylic acids is 2. The van der Waals surface area contributed by atoms with Gasteiger partial charge in [0.15, 0.2) is 6.61 Å². The predicted octanol–water partition coefficient (Wildman–Crippen LogP) is 2.02. The van der Waals surface area contributed by atoms with E-state index >= 15 is 0 Å². The van der Waals surface area contributed by atoms with Crippen molar-refractivity contribution in [1.82, 2.24) is 5.32 Å². The summed E-state index contributed by atoms with van der Waals surface area (Å²) in [4.78, 5) is 23.5. The molecule has 3 N–H and O–H groups in total. The van der Waals surface area contributed by atoms with Crippen molar-refractivity contribution in [1.29, 1.82) is 0 Å². The minimum Gasteiger partial charge on any atom is -0.494 e. The molecule has 2 rings (SSSR count). The highest BCUT2D eigenvalue weighted by Crippen LogP contribution is 2.17. The van der Waals surface area contributed by atoms with Gasteiger partial charge in [-0.15, -0.1) is 0 Å². The number of ether oxygens (including phenoxy) is 3. The fraction of sp³-hybridized carbons (Fsp3) is 0.263. The van der Waals surface area contributed by atoms with Crippen LogP contribution < -0.4 is 20.5 Å². The predicted molar refractivity (Wildman–Crippen MR) is 97.3 cm³/mol. The van der Waals surface area contributed by atoms with Crippen molar-refractivity contribution in [2.45, 2.75) is 6.92 Å². The molecular formula is C19H22N2O5. The first-order valence-electron chi connectivity index (χ1n) is 8.23. The number of hydrogen-bond donors (Lipinski definition) is 2. The Hall–Kier alpha value is -3.22. The zero-order valence-electron chi connectivity index (χ0n) is 14.6. The summed E-state index contributed by atoms with van der Waals surface area (Å²) in [5.74, 6) is 0.475. The maximum absolute atomic E-state index is 11.8. The van der Waals surface area contributed by atoms with Crippen LogP contribution in [0.3, 0.4) is 0 Å². The number of anilines is 1. The smallest absolute Gasteiger partial charge is 0.338 e. The lowest BCUT2D eigenvalue weighted by Gasteiger charge is -2.09. The number of nitrogens with one attached hydrogen (secondary N) is 1. The molecule has 2 aromatic rings. The van der Waals surface area contributed by atoms with Gasteiger partial charge in [-0.05, 0) is 55.5 Å². The van der Waals surface area contributed by atoms with E-state index in [9.17, 15) is 9.59 Å². The monoisotopic (exact) mass is 358 g/mol. The number of benzene rings is 2. The molecule has 0 saturated heterocycles. The van der Waals surface area contributed by atoms with E-state index in [-0.39, 0.29) is 6.61 Å². The third kappa shape index (κ3) is 6.35. The summed E-state index contributed by atoms with van der Waals surface area (Å²) in [5, 5.41) is 2.61. The molecule has 0 spiro atoms. The summed E-state index contributed by atoms with van der Waals surface area (Å²) in [6.45, 7) is 2.76. The average molecular weight is 358 g/mol. The minimum atomic E-state index is -0.578. The van der Waals surface area contributed by atoms with E-state index in [2.05, 4.69) is 5.32 Å². The molecule has 2 aromatic carbocycles. The maximum atomic E-state index is 11.8. The molecule has 7 heteroatoms. The fourth-order valence-corrected chi connectivity index (χ4v) is 2.04. The highest BCUT2D eigenvalue weighted by molar-refractivity contribution is 5.91. The summed E-state index contributed by atoms with van der Waals surface area (Å²) < 4.78 is 15.8. The Morgan fingerprint density at radius 2 is 1.58 bits per heavy atom. The molecule has 0 fully saturated rings. The van der Waals surface area contributed by atoms with Gasteiger partial charge in [-0.3, -0.25) is 4.79 Å². The zero-order chi connectivity index (χ0) is 18.8. The van der Waals surface area contributed by atoms with Crippen LogP contribution in [0.1, 0.15) is 17.3 Å². The van der Waals surface area contributed by atoms with Gasteiger partial charge in [0.25, 0.3) is 5.91 Å². The molecule has 0 aliphatic heterocycles. The Balaban J connectivity index is 1.62. The third-order valence-corrected chi connectivity index (χ3v) is 3.31. The Bertz CT molecular complexity index is 714. The molecule has 0 aliphatic rings. The van der Waals surface area contributed by atoms with Gasteiger partial charge in [-0.1, -0.05) is 0 Å². The number of nitrogens with two attached hydrogens (primary N) is 1. The van der Waals surface area contributed by atoms with Crippen LogP contribution >= 0.6 is 0 Å². The largest absolute Gasteiger partial charge is 0.494 e. The maximum Gasteiger partial charge on any atom is 0.338 e. The molecule has 26 heavy (non-hydrogen) atoms. The molecule has 0 aromatic heterocycles. The van der Waals surface area contributed by atoms with Gasteiger partial charge in [0, 0.05) is 5.69 Å².